The molecule has 0 spiro atoms. The fourth-order valence-corrected chi connectivity index (χ4v) is 2.15. The minimum atomic E-state index is -0.403. The van der Waals surface area contributed by atoms with Gasteiger partial charge < -0.3 is 10.0 Å². The lowest BCUT2D eigenvalue weighted by molar-refractivity contribution is 0.195. The summed E-state index contributed by atoms with van der Waals surface area (Å²) >= 11 is 0. The molecule has 1 heterocycles. The number of halogens is 1. The molecule has 2 rings (SSSR count). The van der Waals surface area contributed by atoms with E-state index in [1.807, 2.05) is 17.9 Å². The van der Waals surface area contributed by atoms with Crippen molar-refractivity contribution in [1.29, 1.82) is 5.26 Å². The number of aliphatic hydroxyl groups is 1. The topological polar surface area (TPSA) is 47.3 Å². The molecule has 4 heteroatoms. The van der Waals surface area contributed by atoms with Crippen molar-refractivity contribution in [2.24, 2.45) is 0 Å². The molecule has 0 bridgehead atoms. The van der Waals surface area contributed by atoms with Gasteiger partial charge in [-0.15, -0.1) is 0 Å². The number of β-amino-alcohol motifs (C(OH)–C–C–N with tert-alkyl or cyclic N) is 1. The fourth-order valence-electron chi connectivity index (χ4n) is 2.15. The number of aliphatic hydroxyl groups excluding tert-OH is 1. The molecule has 1 aliphatic rings. The molecule has 0 saturated carbocycles. The zero-order chi connectivity index (χ0) is 11.7. The number of benzene rings is 1. The molecule has 16 heavy (non-hydrogen) atoms. The van der Waals surface area contributed by atoms with Crippen LogP contribution in [-0.2, 0) is 0 Å². The first-order valence-corrected chi connectivity index (χ1v) is 5.26. The molecule has 3 nitrogen and oxygen atoms in total. The van der Waals surface area contributed by atoms with Crippen LogP contribution in [0.2, 0.25) is 0 Å². The molecule has 0 aromatic heterocycles. The highest BCUT2D eigenvalue weighted by atomic mass is 19.1. The van der Waals surface area contributed by atoms with Crippen LogP contribution in [0.15, 0.2) is 18.2 Å². The molecule has 1 fully saturated rings. The molecule has 0 amide bonds. The van der Waals surface area contributed by atoms with Gasteiger partial charge in [0.25, 0.3) is 0 Å². The molecule has 1 aliphatic heterocycles. The number of nitrogens with zero attached hydrogens (tertiary/aromatic N) is 2. The number of rotatable bonds is 1. The summed E-state index contributed by atoms with van der Waals surface area (Å²) in [5.74, 6) is -0.403. The van der Waals surface area contributed by atoms with Gasteiger partial charge in [-0.1, -0.05) is 0 Å². The van der Waals surface area contributed by atoms with Crippen LogP contribution in [0.4, 0.5) is 10.1 Å². The van der Waals surface area contributed by atoms with E-state index < -0.39 is 11.9 Å². The van der Waals surface area contributed by atoms with Crippen LogP contribution in [-0.4, -0.2) is 23.8 Å². The number of anilines is 1. The SMILES string of the molecule is CC1CC(O)CN1c1ccc(C#N)cc1F. The van der Waals surface area contributed by atoms with Crippen molar-refractivity contribution >= 4 is 5.69 Å². The Morgan fingerprint density at radius 1 is 1.56 bits per heavy atom. The third kappa shape index (κ3) is 1.86. The predicted molar refractivity (Wildman–Crippen MR) is 58.5 cm³/mol. The standard InChI is InChI=1S/C12H13FN2O/c1-8-4-10(16)7-15(8)12-3-2-9(6-14)5-11(12)13/h2-3,5,8,10,16H,4,7H2,1H3. The molecular formula is C12H13FN2O. The Balaban J connectivity index is 2.31. The van der Waals surface area contributed by atoms with E-state index in [4.69, 9.17) is 5.26 Å². The van der Waals surface area contributed by atoms with E-state index in [1.54, 1.807) is 12.1 Å². The molecule has 0 radical (unpaired) electrons. The Kier molecular flexibility index (Phi) is 2.80. The van der Waals surface area contributed by atoms with Crippen LogP contribution >= 0.6 is 0 Å². The summed E-state index contributed by atoms with van der Waals surface area (Å²) in [5, 5.41) is 18.1. The molecule has 2 unspecified atom stereocenters. The van der Waals surface area contributed by atoms with E-state index in [0.29, 0.717) is 24.2 Å². The van der Waals surface area contributed by atoms with Crippen molar-refractivity contribution in [2.75, 3.05) is 11.4 Å². The minimum Gasteiger partial charge on any atom is -0.391 e. The Morgan fingerprint density at radius 3 is 2.81 bits per heavy atom. The quantitative estimate of drug-likeness (QED) is 0.783. The summed E-state index contributed by atoms with van der Waals surface area (Å²) in [6, 6.07) is 6.44. The van der Waals surface area contributed by atoms with Gasteiger partial charge in [-0.25, -0.2) is 4.39 Å². The molecule has 1 saturated heterocycles. The highest BCUT2D eigenvalue weighted by molar-refractivity contribution is 5.52. The monoisotopic (exact) mass is 220 g/mol. The molecule has 2 atom stereocenters. The average molecular weight is 220 g/mol. The first-order chi connectivity index (χ1) is 7.61. The summed E-state index contributed by atoms with van der Waals surface area (Å²) in [4.78, 5) is 1.83. The van der Waals surface area contributed by atoms with E-state index in [2.05, 4.69) is 0 Å². The summed E-state index contributed by atoms with van der Waals surface area (Å²) in [6.45, 7) is 2.40. The van der Waals surface area contributed by atoms with Crippen LogP contribution in [0.1, 0.15) is 18.9 Å². The second-order valence-electron chi connectivity index (χ2n) is 4.17. The van der Waals surface area contributed by atoms with E-state index >= 15 is 0 Å². The van der Waals surface area contributed by atoms with Gasteiger partial charge in [0.15, 0.2) is 0 Å². The Hall–Kier alpha value is -1.60. The lowest BCUT2D eigenvalue weighted by Gasteiger charge is -2.23. The van der Waals surface area contributed by atoms with Gasteiger partial charge in [0.1, 0.15) is 5.82 Å². The van der Waals surface area contributed by atoms with Crippen LogP contribution in [0.5, 0.6) is 0 Å². The van der Waals surface area contributed by atoms with Crippen LogP contribution in [0.25, 0.3) is 0 Å². The molecule has 1 N–H and O–H groups in total. The van der Waals surface area contributed by atoms with Crippen molar-refractivity contribution in [1.82, 2.24) is 0 Å². The molecular weight excluding hydrogens is 207 g/mol. The first-order valence-electron chi connectivity index (χ1n) is 5.26. The van der Waals surface area contributed by atoms with Gasteiger partial charge in [0.2, 0.25) is 0 Å². The largest absolute Gasteiger partial charge is 0.391 e. The summed E-state index contributed by atoms with van der Waals surface area (Å²) in [6.07, 6.45) is 0.254. The van der Waals surface area contributed by atoms with Gasteiger partial charge in [-0.2, -0.15) is 5.26 Å². The average Bonchev–Trinajstić information content (AvgIpc) is 2.57. The van der Waals surface area contributed by atoms with Gasteiger partial charge >= 0.3 is 0 Å². The van der Waals surface area contributed by atoms with E-state index in [1.165, 1.54) is 6.07 Å². The summed E-state index contributed by atoms with van der Waals surface area (Å²) in [5.41, 5.74) is 0.775. The van der Waals surface area contributed by atoms with Gasteiger partial charge in [-0.05, 0) is 31.5 Å². The fraction of sp³-hybridized carbons (Fsp3) is 0.417. The Bertz CT molecular complexity index is 441. The Labute approximate surface area is 93.7 Å². The van der Waals surface area contributed by atoms with Crippen molar-refractivity contribution in [3.63, 3.8) is 0 Å². The summed E-state index contributed by atoms with van der Waals surface area (Å²) in [7, 11) is 0. The molecule has 1 aromatic rings. The second kappa shape index (κ2) is 4.11. The maximum absolute atomic E-state index is 13.7. The minimum absolute atomic E-state index is 0.123. The van der Waals surface area contributed by atoms with Crippen molar-refractivity contribution < 1.29 is 9.50 Å². The van der Waals surface area contributed by atoms with Crippen LogP contribution in [0, 0.1) is 17.1 Å². The van der Waals surface area contributed by atoms with E-state index in [9.17, 15) is 9.50 Å². The zero-order valence-electron chi connectivity index (χ0n) is 9.02. The van der Waals surface area contributed by atoms with Crippen molar-refractivity contribution in [2.45, 2.75) is 25.5 Å². The third-order valence-electron chi connectivity index (χ3n) is 2.94. The highest BCUT2D eigenvalue weighted by Gasteiger charge is 2.29. The smallest absolute Gasteiger partial charge is 0.147 e. The molecule has 1 aromatic carbocycles. The maximum atomic E-state index is 13.7. The number of nitriles is 1. The van der Waals surface area contributed by atoms with Crippen molar-refractivity contribution in [3.8, 4) is 6.07 Å². The lowest BCUT2D eigenvalue weighted by Crippen LogP contribution is -2.28. The van der Waals surface area contributed by atoms with Gasteiger partial charge in [0.05, 0.1) is 23.4 Å². The third-order valence-corrected chi connectivity index (χ3v) is 2.94. The zero-order valence-corrected chi connectivity index (χ0v) is 9.02. The highest BCUT2D eigenvalue weighted by Crippen LogP contribution is 2.28. The number of hydrogen-bond acceptors (Lipinski definition) is 3. The first kappa shape index (κ1) is 10.9. The molecule has 84 valence electrons. The van der Waals surface area contributed by atoms with E-state index in [0.717, 1.165) is 0 Å². The van der Waals surface area contributed by atoms with Crippen molar-refractivity contribution in [3.05, 3.63) is 29.6 Å². The number of hydrogen-bond donors (Lipinski definition) is 1. The summed E-state index contributed by atoms with van der Waals surface area (Å²) < 4.78 is 13.7. The maximum Gasteiger partial charge on any atom is 0.147 e. The second-order valence-corrected chi connectivity index (χ2v) is 4.17. The van der Waals surface area contributed by atoms with Crippen LogP contribution < -0.4 is 4.90 Å². The van der Waals surface area contributed by atoms with Crippen LogP contribution in [0.3, 0.4) is 0 Å². The normalized spacial score (nSPS) is 24.5. The predicted octanol–water partition coefficient (Wildman–Crippen LogP) is 1.66. The van der Waals surface area contributed by atoms with E-state index in [-0.39, 0.29) is 6.04 Å². The van der Waals surface area contributed by atoms with Gasteiger partial charge in [0, 0.05) is 12.6 Å². The molecule has 0 aliphatic carbocycles. The van der Waals surface area contributed by atoms with Gasteiger partial charge in [-0.3, -0.25) is 0 Å². The lowest BCUT2D eigenvalue weighted by atomic mass is 10.2. The Morgan fingerprint density at radius 2 is 2.31 bits per heavy atom.